The molecule has 3 rings (SSSR count). The lowest BCUT2D eigenvalue weighted by molar-refractivity contribution is 0.0590. The Morgan fingerprint density at radius 1 is 1.04 bits per heavy atom. The van der Waals surface area contributed by atoms with Crippen LogP contribution in [0.5, 0.6) is 0 Å². The van der Waals surface area contributed by atoms with Gasteiger partial charge >= 0.3 is 5.97 Å². The molecule has 0 unspecified atom stereocenters. The number of pyridine rings is 1. The monoisotopic (exact) mass is 324 g/mol. The van der Waals surface area contributed by atoms with Crippen LogP contribution in [0.15, 0.2) is 48.8 Å². The van der Waals surface area contributed by atoms with Crippen LogP contribution in [0, 0.1) is 12.7 Å². The highest BCUT2D eigenvalue weighted by atomic mass is 19.1. The molecule has 24 heavy (non-hydrogen) atoms. The molecule has 0 saturated heterocycles. The fraction of sp³-hybridized carbons (Fsp3) is 0.158. The summed E-state index contributed by atoms with van der Waals surface area (Å²) in [5.74, 6) is -0.753. The second kappa shape index (κ2) is 6.28. The van der Waals surface area contributed by atoms with E-state index < -0.39 is 5.97 Å². The highest BCUT2D eigenvalue weighted by molar-refractivity contribution is 6.02. The Labute approximate surface area is 139 Å². The maximum absolute atomic E-state index is 13.3. The molecule has 0 radical (unpaired) electrons. The first kappa shape index (κ1) is 15.9. The second-order valence-corrected chi connectivity index (χ2v) is 5.48. The Balaban J connectivity index is 2.37. The molecule has 0 saturated carbocycles. The summed E-state index contributed by atoms with van der Waals surface area (Å²) in [6.45, 7) is 1.94. The average Bonchev–Trinajstić information content (AvgIpc) is 2.87. The van der Waals surface area contributed by atoms with Crippen molar-refractivity contribution in [1.29, 1.82) is 0 Å². The number of halogens is 1. The van der Waals surface area contributed by atoms with Crippen molar-refractivity contribution in [2.24, 2.45) is 7.05 Å². The Kier molecular flexibility index (Phi) is 4.16. The topological polar surface area (TPSA) is 44.1 Å². The van der Waals surface area contributed by atoms with Gasteiger partial charge in [-0.25, -0.2) is 9.18 Å². The summed E-state index contributed by atoms with van der Waals surface area (Å²) < 4.78 is 20.1. The summed E-state index contributed by atoms with van der Waals surface area (Å²) in [6, 6.07) is 9.87. The van der Waals surface area contributed by atoms with Crippen LogP contribution in [0.4, 0.5) is 4.39 Å². The molecular formula is C19H17FN2O2. The number of esters is 1. The molecule has 2 aromatic heterocycles. The number of carbonyl (C=O) groups excluding carboxylic acids is 1. The molecular weight excluding hydrogens is 307 g/mol. The molecule has 0 spiro atoms. The first-order valence-corrected chi connectivity index (χ1v) is 7.48. The summed E-state index contributed by atoms with van der Waals surface area (Å²) in [5.41, 5.74) is 4.69. The second-order valence-electron chi connectivity index (χ2n) is 5.48. The zero-order chi connectivity index (χ0) is 17.3. The van der Waals surface area contributed by atoms with Gasteiger partial charge in [0.1, 0.15) is 11.5 Å². The minimum absolute atomic E-state index is 0.323. The SMILES string of the molecule is COC(=O)c1c(-c2ccc(F)cc2)c(-c2ccncc2)c(C)n1C. The van der Waals surface area contributed by atoms with E-state index in [0.717, 1.165) is 27.9 Å². The van der Waals surface area contributed by atoms with E-state index in [9.17, 15) is 9.18 Å². The Morgan fingerprint density at radius 3 is 2.21 bits per heavy atom. The van der Waals surface area contributed by atoms with Crippen LogP contribution >= 0.6 is 0 Å². The van der Waals surface area contributed by atoms with Crippen molar-refractivity contribution >= 4 is 5.97 Å². The molecule has 0 atom stereocenters. The normalized spacial score (nSPS) is 10.7. The number of hydrogen-bond acceptors (Lipinski definition) is 3. The standard InChI is InChI=1S/C19H17FN2O2/c1-12-16(14-8-10-21-11-9-14)17(13-4-6-15(20)7-5-13)18(22(12)2)19(23)24-3/h4-11H,1-3H3. The van der Waals surface area contributed by atoms with Gasteiger partial charge in [-0.05, 0) is 42.3 Å². The number of carbonyl (C=O) groups is 1. The molecule has 122 valence electrons. The van der Waals surface area contributed by atoms with Crippen molar-refractivity contribution in [2.45, 2.75) is 6.92 Å². The lowest BCUT2D eigenvalue weighted by Crippen LogP contribution is -2.09. The molecule has 0 N–H and O–H groups in total. The summed E-state index contributed by atoms with van der Waals surface area (Å²) >= 11 is 0. The average molecular weight is 324 g/mol. The van der Waals surface area contributed by atoms with Crippen LogP contribution in [0.3, 0.4) is 0 Å². The van der Waals surface area contributed by atoms with Crippen LogP contribution in [-0.4, -0.2) is 22.6 Å². The molecule has 0 bridgehead atoms. The van der Waals surface area contributed by atoms with Crippen molar-refractivity contribution < 1.29 is 13.9 Å². The quantitative estimate of drug-likeness (QED) is 0.684. The number of aromatic nitrogens is 2. The van der Waals surface area contributed by atoms with E-state index in [-0.39, 0.29) is 5.82 Å². The molecule has 0 fully saturated rings. The molecule has 0 amide bonds. The predicted octanol–water partition coefficient (Wildman–Crippen LogP) is 3.99. The Bertz CT molecular complexity index is 884. The number of ether oxygens (including phenoxy) is 1. The molecule has 0 aliphatic rings. The van der Waals surface area contributed by atoms with E-state index in [1.54, 1.807) is 29.1 Å². The van der Waals surface area contributed by atoms with Gasteiger partial charge in [0.2, 0.25) is 0 Å². The smallest absolute Gasteiger partial charge is 0.355 e. The van der Waals surface area contributed by atoms with Gasteiger partial charge in [0.15, 0.2) is 0 Å². The molecule has 3 aromatic rings. The molecule has 5 heteroatoms. The van der Waals surface area contributed by atoms with Crippen molar-refractivity contribution in [3.8, 4) is 22.3 Å². The first-order valence-electron chi connectivity index (χ1n) is 7.48. The first-order chi connectivity index (χ1) is 11.5. The molecule has 0 aliphatic carbocycles. The van der Waals surface area contributed by atoms with E-state index in [2.05, 4.69) is 4.98 Å². The van der Waals surface area contributed by atoms with E-state index in [0.29, 0.717) is 5.69 Å². The Morgan fingerprint density at radius 2 is 1.62 bits per heavy atom. The van der Waals surface area contributed by atoms with Crippen LogP contribution in [0.1, 0.15) is 16.2 Å². The lowest BCUT2D eigenvalue weighted by atomic mass is 9.95. The van der Waals surface area contributed by atoms with Crippen LogP contribution in [0.25, 0.3) is 22.3 Å². The molecule has 4 nitrogen and oxygen atoms in total. The number of benzene rings is 1. The van der Waals surface area contributed by atoms with Crippen molar-refractivity contribution in [3.05, 3.63) is 66.0 Å². The van der Waals surface area contributed by atoms with Crippen molar-refractivity contribution in [2.75, 3.05) is 7.11 Å². The van der Waals surface area contributed by atoms with Gasteiger partial charge < -0.3 is 9.30 Å². The zero-order valence-corrected chi connectivity index (χ0v) is 13.7. The summed E-state index contributed by atoms with van der Waals surface area (Å²) in [7, 11) is 3.17. The maximum atomic E-state index is 13.3. The van der Waals surface area contributed by atoms with E-state index in [1.807, 2.05) is 26.1 Å². The minimum atomic E-state index is -0.430. The third kappa shape index (κ3) is 2.58. The summed E-state index contributed by atoms with van der Waals surface area (Å²) in [6.07, 6.45) is 3.40. The zero-order valence-electron chi connectivity index (χ0n) is 13.7. The molecule has 2 heterocycles. The molecule has 0 aliphatic heterocycles. The van der Waals surface area contributed by atoms with Crippen LogP contribution in [-0.2, 0) is 11.8 Å². The lowest BCUT2D eigenvalue weighted by Gasteiger charge is -2.08. The van der Waals surface area contributed by atoms with Gasteiger partial charge in [-0.3, -0.25) is 4.98 Å². The van der Waals surface area contributed by atoms with Crippen molar-refractivity contribution in [1.82, 2.24) is 9.55 Å². The van der Waals surface area contributed by atoms with Crippen molar-refractivity contribution in [3.63, 3.8) is 0 Å². The fourth-order valence-electron chi connectivity index (χ4n) is 2.91. The Hall–Kier alpha value is -2.95. The van der Waals surface area contributed by atoms with E-state index >= 15 is 0 Å². The minimum Gasteiger partial charge on any atom is -0.464 e. The molecule has 1 aromatic carbocycles. The van der Waals surface area contributed by atoms with Gasteiger partial charge in [-0.1, -0.05) is 12.1 Å². The number of methoxy groups -OCH3 is 1. The van der Waals surface area contributed by atoms with Gasteiger partial charge in [0, 0.05) is 36.3 Å². The third-order valence-corrected chi connectivity index (χ3v) is 4.17. The maximum Gasteiger partial charge on any atom is 0.355 e. The van der Waals surface area contributed by atoms with Gasteiger partial charge in [0.25, 0.3) is 0 Å². The largest absolute Gasteiger partial charge is 0.464 e. The highest BCUT2D eigenvalue weighted by Gasteiger charge is 2.26. The van der Waals surface area contributed by atoms with Crippen LogP contribution in [0.2, 0.25) is 0 Å². The van der Waals surface area contributed by atoms with E-state index in [1.165, 1.54) is 19.2 Å². The summed E-state index contributed by atoms with van der Waals surface area (Å²) in [4.78, 5) is 16.4. The van der Waals surface area contributed by atoms with Crippen LogP contribution < -0.4 is 0 Å². The number of rotatable bonds is 3. The predicted molar refractivity (Wildman–Crippen MR) is 90.1 cm³/mol. The van der Waals surface area contributed by atoms with Gasteiger partial charge in [-0.15, -0.1) is 0 Å². The highest BCUT2D eigenvalue weighted by Crippen LogP contribution is 2.39. The number of nitrogens with zero attached hydrogens (tertiary/aromatic N) is 2. The van der Waals surface area contributed by atoms with Gasteiger partial charge in [0.05, 0.1) is 7.11 Å². The summed E-state index contributed by atoms with van der Waals surface area (Å²) in [5, 5.41) is 0. The van der Waals surface area contributed by atoms with Gasteiger partial charge in [-0.2, -0.15) is 0 Å². The number of hydrogen-bond donors (Lipinski definition) is 0. The fourth-order valence-corrected chi connectivity index (χ4v) is 2.91. The van der Waals surface area contributed by atoms with E-state index in [4.69, 9.17) is 4.74 Å². The third-order valence-electron chi connectivity index (χ3n) is 4.17.